The average Bonchev–Trinajstić information content (AvgIpc) is 2.82. The summed E-state index contributed by atoms with van der Waals surface area (Å²) in [6.07, 6.45) is 4.48. The molecule has 1 saturated heterocycles. The predicted molar refractivity (Wildman–Crippen MR) is 97.9 cm³/mol. The number of nitrogens with zero attached hydrogens (tertiary/aromatic N) is 2. The molecule has 2 unspecified atom stereocenters. The van der Waals surface area contributed by atoms with E-state index < -0.39 is 6.61 Å². The van der Waals surface area contributed by atoms with Crippen LogP contribution in [0.5, 0.6) is 5.75 Å². The number of hydrogen-bond donors (Lipinski definition) is 0. The molecule has 1 aliphatic carbocycles. The Bertz CT molecular complexity index is 795. The van der Waals surface area contributed by atoms with Crippen LogP contribution in [0.15, 0.2) is 29.8 Å². The van der Waals surface area contributed by atoms with Crippen molar-refractivity contribution in [1.82, 2.24) is 4.90 Å². The van der Waals surface area contributed by atoms with Gasteiger partial charge in [-0.15, -0.1) is 0 Å². The SMILES string of the molecule is CC1(C)CC2CC(C)(CN2C(=O)C(C#N)=Cc2ccc(OC(F)F)cc2)C1. The summed E-state index contributed by atoms with van der Waals surface area (Å²) in [7, 11) is 0. The highest BCUT2D eigenvalue weighted by Crippen LogP contribution is 2.52. The maximum atomic E-state index is 13.0. The second kappa shape index (κ2) is 6.95. The molecule has 1 aromatic rings. The molecule has 2 aliphatic rings. The molecule has 2 fully saturated rings. The van der Waals surface area contributed by atoms with Crippen LogP contribution in [0.4, 0.5) is 8.78 Å². The van der Waals surface area contributed by atoms with Crippen molar-refractivity contribution in [2.24, 2.45) is 10.8 Å². The van der Waals surface area contributed by atoms with Crippen molar-refractivity contribution in [2.75, 3.05) is 6.54 Å². The minimum absolute atomic E-state index is 0.0375. The molecule has 1 saturated carbocycles. The van der Waals surface area contributed by atoms with Crippen molar-refractivity contribution in [3.63, 3.8) is 0 Å². The standard InChI is InChI=1S/C21H24F2N2O2/c1-20(2)9-16-10-21(3,12-20)13-25(16)18(26)15(11-24)8-14-4-6-17(7-5-14)27-19(22)23/h4-8,16,19H,9-10,12-13H2,1-3H3. The number of carbonyl (C=O) groups excluding carboxylic acids is 1. The highest BCUT2D eigenvalue weighted by Gasteiger charge is 2.51. The van der Waals surface area contributed by atoms with Crippen LogP contribution >= 0.6 is 0 Å². The van der Waals surface area contributed by atoms with Gasteiger partial charge in [-0.1, -0.05) is 32.9 Å². The number of amides is 1. The summed E-state index contributed by atoms with van der Waals surface area (Å²) in [5.74, 6) is -0.215. The second-order valence-electron chi connectivity index (χ2n) is 8.76. The molecule has 0 aromatic heterocycles. The van der Waals surface area contributed by atoms with E-state index in [1.165, 1.54) is 18.2 Å². The average molecular weight is 374 g/mol. The van der Waals surface area contributed by atoms with Crippen LogP contribution in [-0.2, 0) is 4.79 Å². The van der Waals surface area contributed by atoms with Gasteiger partial charge in [-0.25, -0.2) is 0 Å². The lowest BCUT2D eigenvalue weighted by molar-refractivity contribution is -0.127. The lowest BCUT2D eigenvalue weighted by Crippen LogP contribution is -2.38. The largest absolute Gasteiger partial charge is 0.435 e. The van der Waals surface area contributed by atoms with Crippen LogP contribution < -0.4 is 4.74 Å². The molecule has 3 rings (SSSR count). The van der Waals surface area contributed by atoms with Gasteiger partial charge in [0.05, 0.1) is 0 Å². The predicted octanol–water partition coefficient (Wildman–Crippen LogP) is 4.62. The van der Waals surface area contributed by atoms with Crippen molar-refractivity contribution in [1.29, 1.82) is 5.26 Å². The molecule has 0 spiro atoms. The summed E-state index contributed by atoms with van der Waals surface area (Å²) >= 11 is 0. The lowest BCUT2D eigenvalue weighted by atomic mass is 9.65. The highest BCUT2D eigenvalue weighted by molar-refractivity contribution is 6.02. The van der Waals surface area contributed by atoms with E-state index in [-0.39, 0.29) is 34.1 Å². The molecule has 2 atom stereocenters. The zero-order chi connectivity index (χ0) is 19.8. The van der Waals surface area contributed by atoms with E-state index in [0.717, 1.165) is 19.3 Å². The molecule has 1 aliphatic heterocycles. The minimum Gasteiger partial charge on any atom is -0.435 e. The Morgan fingerprint density at radius 1 is 1.30 bits per heavy atom. The normalized spacial score (nSPS) is 26.8. The lowest BCUT2D eigenvalue weighted by Gasteiger charge is -2.39. The molecule has 1 heterocycles. The zero-order valence-corrected chi connectivity index (χ0v) is 15.8. The van der Waals surface area contributed by atoms with Gasteiger partial charge in [0, 0.05) is 12.6 Å². The van der Waals surface area contributed by atoms with Crippen molar-refractivity contribution < 1.29 is 18.3 Å². The number of ether oxygens (including phenoxy) is 1. The molecule has 0 N–H and O–H groups in total. The van der Waals surface area contributed by atoms with Crippen molar-refractivity contribution in [3.05, 3.63) is 35.4 Å². The van der Waals surface area contributed by atoms with Crippen molar-refractivity contribution in [2.45, 2.75) is 52.7 Å². The summed E-state index contributed by atoms with van der Waals surface area (Å²) in [6.45, 7) is 4.46. The van der Waals surface area contributed by atoms with Crippen LogP contribution in [0.2, 0.25) is 0 Å². The van der Waals surface area contributed by atoms with Gasteiger partial charge in [0.2, 0.25) is 0 Å². The molecular formula is C21H24F2N2O2. The fraction of sp³-hybridized carbons (Fsp3) is 0.524. The summed E-state index contributed by atoms with van der Waals surface area (Å²) < 4.78 is 28.8. The first-order valence-electron chi connectivity index (χ1n) is 9.09. The summed E-state index contributed by atoms with van der Waals surface area (Å²) in [5, 5.41) is 9.51. The topological polar surface area (TPSA) is 53.3 Å². The number of benzene rings is 1. The Morgan fingerprint density at radius 2 is 1.96 bits per heavy atom. The fourth-order valence-electron chi connectivity index (χ4n) is 4.91. The monoisotopic (exact) mass is 374 g/mol. The van der Waals surface area contributed by atoms with E-state index in [9.17, 15) is 18.8 Å². The van der Waals surface area contributed by atoms with Crippen molar-refractivity contribution >= 4 is 12.0 Å². The summed E-state index contributed by atoms with van der Waals surface area (Å²) in [5.41, 5.74) is 0.933. The number of rotatable bonds is 4. The Morgan fingerprint density at radius 3 is 2.56 bits per heavy atom. The van der Waals surface area contributed by atoms with E-state index in [2.05, 4.69) is 25.5 Å². The summed E-state index contributed by atoms with van der Waals surface area (Å²) in [4.78, 5) is 14.8. The van der Waals surface area contributed by atoms with Gasteiger partial charge in [0.15, 0.2) is 0 Å². The molecule has 0 radical (unpaired) electrons. The zero-order valence-electron chi connectivity index (χ0n) is 15.8. The number of likely N-dealkylation sites (tertiary alicyclic amines) is 1. The number of halogens is 2. The number of nitriles is 1. The molecule has 27 heavy (non-hydrogen) atoms. The maximum absolute atomic E-state index is 13.0. The van der Waals surface area contributed by atoms with Gasteiger partial charge in [-0.2, -0.15) is 14.0 Å². The Kier molecular flexibility index (Phi) is 4.98. The first kappa shape index (κ1) is 19.3. The first-order chi connectivity index (χ1) is 12.6. The maximum Gasteiger partial charge on any atom is 0.387 e. The van der Waals surface area contributed by atoms with Gasteiger partial charge in [0.1, 0.15) is 17.4 Å². The smallest absolute Gasteiger partial charge is 0.387 e. The number of carbonyl (C=O) groups is 1. The fourth-order valence-corrected chi connectivity index (χ4v) is 4.91. The number of fused-ring (bicyclic) bond motifs is 2. The van der Waals surface area contributed by atoms with E-state index in [4.69, 9.17) is 0 Å². The third kappa shape index (κ3) is 4.29. The van der Waals surface area contributed by atoms with Gasteiger partial charge < -0.3 is 9.64 Å². The Labute approximate surface area is 158 Å². The molecule has 6 heteroatoms. The molecule has 1 amide bonds. The van der Waals surface area contributed by atoms with Crippen LogP contribution in [0.3, 0.4) is 0 Å². The molecule has 144 valence electrons. The molecular weight excluding hydrogens is 350 g/mol. The molecule has 4 nitrogen and oxygen atoms in total. The minimum atomic E-state index is -2.89. The Hall–Kier alpha value is -2.42. The number of hydrogen-bond acceptors (Lipinski definition) is 3. The van der Waals surface area contributed by atoms with E-state index in [0.29, 0.717) is 12.1 Å². The van der Waals surface area contributed by atoms with Crippen LogP contribution in [0.1, 0.15) is 45.6 Å². The van der Waals surface area contributed by atoms with Gasteiger partial charge in [0.25, 0.3) is 5.91 Å². The van der Waals surface area contributed by atoms with Gasteiger partial charge >= 0.3 is 6.61 Å². The van der Waals surface area contributed by atoms with E-state index in [1.54, 1.807) is 12.1 Å². The second-order valence-corrected chi connectivity index (χ2v) is 8.76. The summed E-state index contributed by atoms with van der Waals surface area (Å²) in [6, 6.07) is 8.05. The van der Waals surface area contributed by atoms with Gasteiger partial charge in [-0.3, -0.25) is 4.79 Å². The Balaban J connectivity index is 1.79. The van der Waals surface area contributed by atoms with Crippen LogP contribution in [-0.4, -0.2) is 30.0 Å². The van der Waals surface area contributed by atoms with Crippen LogP contribution in [0.25, 0.3) is 6.08 Å². The quantitative estimate of drug-likeness (QED) is 0.571. The third-order valence-electron chi connectivity index (χ3n) is 5.44. The van der Waals surface area contributed by atoms with Crippen LogP contribution in [0, 0.1) is 22.2 Å². The highest BCUT2D eigenvalue weighted by atomic mass is 19.3. The first-order valence-corrected chi connectivity index (χ1v) is 9.09. The number of alkyl halides is 2. The van der Waals surface area contributed by atoms with E-state index in [1.807, 2.05) is 11.0 Å². The van der Waals surface area contributed by atoms with Gasteiger partial charge in [-0.05, 0) is 53.9 Å². The van der Waals surface area contributed by atoms with Crippen molar-refractivity contribution in [3.8, 4) is 11.8 Å². The third-order valence-corrected chi connectivity index (χ3v) is 5.44. The van der Waals surface area contributed by atoms with E-state index >= 15 is 0 Å². The molecule has 2 bridgehead atoms. The molecule has 1 aromatic carbocycles.